The van der Waals surface area contributed by atoms with Crippen LogP contribution < -0.4 is 0 Å². The highest BCUT2D eigenvalue weighted by Gasteiger charge is 1.71. The van der Waals surface area contributed by atoms with Gasteiger partial charge in [0.15, 0.2) is 6.56 Å². The summed E-state index contributed by atoms with van der Waals surface area (Å²) in [6.45, 7) is 4.02. The zero-order valence-electron chi connectivity index (χ0n) is 3.14. The molecular weight excluding hydrogens is 99.0 g/mol. The Hall–Kier alpha value is 0.765. The first-order chi connectivity index (χ1) is 2.41. The molecule has 0 bridgehead atoms. The van der Waals surface area contributed by atoms with Crippen molar-refractivity contribution in [1.29, 1.82) is 0 Å². The molecule has 0 nitrogen and oxygen atoms in total. The summed E-state index contributed by atoms with van der Waals surface area (Å²) in [7, 11) is 0. The second-order valence-corrected chi connectivity index (χ2v) is 2.37. The Morgan fingerprint density at radius 2 is 2.60 bits per heavy atom. The molecule has 3 heteroatoms. The summed E-state index contributed by atoms with van der Waals surface area (Å²) in [6, 6.07) is 0. The van der Waals surface area contributed by atoms with Gasteiger partial charge in [0.25, 0.3) is 0 Å². The Bertz CT molecular complexity index is 15.1. The maximum atomic E-state index is 3.93. The van der Waals surface area contributed by atoms with E-state index in [1.54, 1.807) is 11.6 Å². The van der Waals surface area contributed by atoms with E-state index in [9.17, 15) is 0 Å². The molecular formula is C2H6BS2. The van der Waals surface area contributed by atoms with Crippen LogP contribution in [-0.2, 0) is 0 Å². The van der Waals surface area contributed by atoms with Gasteiger partial charge in [-0.25, -0.2) is 11.6 Å². The van der Waals surface area contributed by atoms with Crippen molar-refractivity contribution in [2.75, 3.05) is 5.08 Å². The quantitative estimate of drug-likeness (QED) is 0.313. The van der Waals surface area contributed by atoms with Gasteiger partial charge in [-0.3, -0.25) is 0 Å². The molecule has 0 aromatic carbocycles. The van der Waals surface area contributed by atoms with Crippen molar-refractivity contribution >= 4 is 30.8 Å². The van der Waals surface area contributed by atoms with E-state index in [2.05, 4.69) is 12.6 Å². The van der Waals surface area contributed by atoms with Gasteiger partial charge in [-0.15, -0.1) is 0 Å². The molecule has 0 fully saturated rings. The van der Waals surface area contributed by atoms with Crippen LogP contribution in [0.15, 0.2) is 0 Å². The van der Waals surface area contributed by atoms with E-state index in [1.807, 2.05) is 13.4 Å². The van der Waals surface area contributed by atoms with Crippen LogP contribution in [0.3, 0.4) is 0 Å². The second kappa shape index (κ2) is 4.76. The first-order valence-electron chi connectivity index (χ1n) is 1.42. The fraction of sp³-hybridized carbons (Fsp3) is 1.00. The highest BCUT2D eigenvalue weighted by molar-refractivity contribution is 8.27. The molecule has 0 aliphatic carbocycles. The van der Waals surface area contributed by atoms with E-state index in [4.69, 9.17) is 0 Å². The molecule has 0 aromatic rings. The lowest BCUT2D eigenvalue weighted by atomic mass is 10.2. The van der Waals surface area contributed by atoms with Gasteiger partial charge in [-0.05, 0) is 0 Å². The number of thiol groups is 1. The molecule has 0 aliphatic rings. The zero-order chi connectivity index (χ0) is 4.12. The second-order valence-electron chi connectivity index (χ2n) is 0.531. The van der Waals surface area contributed by atoms with Gasteiger partial charge in [0, 0.05) is 5.08 Å². The Morgan fingerprint density at radius 1 is 2.00 bits per heavy atom. The minimum Gasteiger partial charge on any atom is -0.208 e. The molecule has 29 valence electrons. The van der Waals surface area contributed by atoms with Crippen LogP contribution >= 0.6 is 24.2 Å². The first-order valence-corrected chi connectivity index (χ1v) is 3.10. The summed E-state index contributed by atoms with van der Waals surface area (Å²) >= 11 is 5.63. The predicted octanol–water partition coefficient (Wildman–Crippen LogP) is 1.27. The molecule has 0 saturated carbocycles. The van der Waals surface area contributed by atoms with E-state index in [0.29, 0.717) is 0 Å². The summed E-state index contributed by atoms with van der Waals surface area (Å²) in [4.78, 5) is 0. The highest BCUT2D eigenvalue weighted by atomic mass is 32.2. The van der Waals surface area contributed by atoms with E-state index < -0.39 is 0 Å². The van der Waals surface area contributed by atoms with Crippen molar-refractivity contribution < 1.29 is 0 Å². The van der Waals surface area contributed by atoms with E-state index in [-0.39, 0.29) is 0 Å². The average molecular weight is 105 g/mol. The molecule has 5 heavy (non-hydrogen) atoms. The Balaban J connectivity index is 2.19. The lowest BCUT2D eigenvalue weighted by Gasteiger charge is -1.78. The Morgan fingerprint density at radius 3 is 2.60 bits per heavy atom. The van der Waals surface area contributed by atoms with Gasteiger partial charge in [0.05, 0.1) is 0 Å². The molecule has 0 aliphatic heterocycles. The zero-order valence-corrected chi connectivity index (χ0v) is 4.85. The summed E-state index contributed by atoms with van der Waals surface area (Å²) in [5.41, 5.74) is 0. The van der Waals surface area contributed by atoms with Crippen LogP contribution in [0, 0.1) is 0 Å². The van der Waals surface area contributed by atoms with Crippen molar-refractivity contribution in [2.45, 2.75) is 6.82 Å². The monoisotopic (exact) mass is 105 g/mol. The van der Waals surface area contributed by atoms with Crippen molar-refractivity contribution in [2.24, 2.45) is 0 Å². The Kier molecular flexibility index (Phi) is 5.49. The molecule has 0 heterocycles. The minimum atomic E-state index is 0.899. The molecule has 1 radical (unpaired) electrons. The maximum Gasteiger partial charge on any atom is 0.189 e. The third-order valence-corrected chi connectivity index (χ3v) is 1.17. The first kappa shape index (κ1) is 5.76. The normalized spacial score (nSPS) is 7.60. The lowest BCUT2D eigenvalue weighted by Crippen LogP contribution is -1.66. The average Bonchev–Trinajstić information content (AvgIpc) is 1.41. The van der Waals surface area contributed by atoms with Crippen molar-refractivity contribution in [3.8, 4) is 0 Å². The van der Waals surface area contributed by atoms with Crippen LogP contribution in [0.4, 0.5) is 0 Å². The predicted molar refractivity (Wildman–Crippen MR) is 33.1 cm³/mol. The third kappa shape index (κ3) is 4.76. The topological polar surface area (TPSA) is 0 Å². The van der Waals surface area contributed by atoms with Gasteiger partial charge in [-0.1, -0.05) is 6.82 Å². The molecule has 0 aromatic heterocycles. The summed E-state index contributed by atoms with van der Waals surface area (Å²) in [6.07, 6.45) is 0. The standard InChI is InChI=1S/C2H6BS2/c1-3-5-2-4/h4H,2H2,1H3. The molecule has 0 unspecified atom stereocenters. The van der Waals surface area contributed by atoms with Gasteiger partial charge >= 0.3 is 0 Å². The fourth-order valence-electron chi connectivity index (χ4n) is 0.0745. The van der Waals surface area contributed by atoms with Gasteiger partial charge in [-0.2, -0.15) is 12.6 Å². The largest absolute Gasteiger partial charge is 0.208 e. The fourth-order valence-corrected chi connectivity index (χ4v) is 0.671. The van der Waals surface area contributed by atoms with E-state index in [1.165, 1.54) is 0 Å². The maximum absolute atomic E-state index is 3.93. The molecule has 0 amide bonds. The smallest absolute Gasteiger partial charge is 0.189 e. The van der Waals surface area contributed by atoms with Gasteiger partial charge in [0.2, 0.25) is 0 Å². The van der Waals surface area contributed by atoms with Crippen LogP contribution in [0.2, 0.25) is 6.82 Å². The molecule has 0 saturated heterocycles. The van der Waals surface area contributed by atoms with E-state index >= 15 is 0 Å². The molecule has 0 rings (SSSR count). The SMILES string of the molecule is C[B]SCS. The van der Waals surface area contributed by atoms with E-state index in [0.717, 1.165) is 5.08 Å². The summed E-state index contributed by atoms with van der Waals surface area (Å²) < 4.78 is 0. The number of rotatable bonds is 2. The number of hydrogen-bond donors (Lipinski definition) is 1. The third-order valence-electron chi connectivity index (χ3n) is 0.241. The van der Waals surface area contributed by atoms with Crippen molar-refractivity contribution in [3.63, 3.8) is 0 Å². The van der Waals surface area contributed by atoms with Gasteiger partial charge < -0.3 is 0 Å². The summed E-state index contributed by atoms with van der Waals surface area (Å²) in [5, 5.41) is 0.899. The lowest BCUT2D eigenvalue weighted by molar-refractivity contribution is 2.31. The van der Waals surface area contributed by atoms with Crippen LogP contribution in [0.25, 0.3) is 0 Å². The van der Waals surface area contributed by atoms with Crippen LogP contribution in [0.5, 0.6) is 0 Å². The minimum absolute atomic E-state index is 0.899. The number of hydrogen-bond acceptors (Lipinski definition) is 2. The van der Waals surface area contributed by atoms with Crippen LogP contribution in [0.1, 0.15) is 0 Å². The molecule has 0 spiro atoms. The van der Waals surface area contributed by atoms with Crippen LogP contribution in [-0.4, -0.2) is 11.6 Å². The van der Waals surface area contributed by atoms with Crippen molar-refractivity contribution in [1.82, 2.24) is 0 Å². The highest BCUT2D eigenvalue weighted by Crippen LogP contribution is 1.95. The molecule has 0 N–H and O–H groups in total. The molecule has 0 atom stereocenters. The Labute approximate surface area is 43.3 Å². The van der Waals surface area contributed by atoms with Crippen molar-refractivity contribution in [3.05, 3.63) is 0 Å². The summed E-state index contributed by atoms with van der Waals surface area (Å²) in [5.74, 6) is 0. The van der Waals surface area contributed by atoms with Gasteiger partial charge in [0.1, 0.15) is 0 Å².